The lowest BCUT2D eigenvalue weighted by Gasteiger charge is -2.22. The zero-order chi connectivity index (χ0) is 68.0. The van der Waals surface area contributed by atoms with Gasteiger partial charge in [0.15, 0.2) is 26.7 Å². The quantitative estimate of drug-likeness (QED) is 0.00539. The summed E-state index contributed by atoms with van der Waals surface area (Å²) in [5.41, 5.74) is 13.3. The van der Waals surface area contributed by atoms with E-state index in [-0.39, 0.29) is 66.6 Å². The van der Waals surface area contributed by atoms with Crippen molar-refractivity contribution in [3.8, 4) is 0 Å². The van der Waals surface area contributed by atoms with Gasteiger partial charge in [0.05, 0.1) is 43.4 Å². The van der Waals surface area contributed by atoms with Crippen LogP contribution in [0.2, 0.25) is 0 Å². The van der Waals surface area contributed by atoms with Gasteiger partial charge in [-0.3, -0.25) is 37.9 Å². The van der Waals surface area contributed by atoms with Crippen molar-refractivity contribution >= 4 is 169 Å². The molecule has 4 amide bonds. The molecule has 486 valence electrons. The highest BCUT2D eigenvalue weighted by Gasteiger charge is 2.32. The molecule has 0 radical (unpaired) electrons. The molecule has 8 rings (SSSR count). The minimum atomic E-state index is -5.33. The number of azo groups is 2. The average Bonchev–Trinajstić information content (AvgIpc) is 1.60. The van der Waals surface area contributed by atoms with E-state index in [0.717, 1.165) is 41.8 Å². The first kappa shape index (κ1) is 69.7. The lowest BCUT2D eigenvalue weighted by Crippen LogP contribution is -2.21. The van der Waals surface area contributed by atoms with E-state index in [2.05, 4.69) is 46.6 Å². The van der Waals surface area contributed by atoms with Crippen LogP contribution in [0.1, 0.15) is 77.6 Å². The number of hydrogen-bond donors (Lipinski definition) is 8. The van der Waals surface area contributed by atoms with Crippen LogP contribution in [0.3, 0.4) is 0 Å². The fourth-order valence-corrected chi connectivity index (χ4v) is 13.6. The molecule has 5 aromatic carbocycles. The molecule has 0 aliphatic rings. The number of anilines is 8. The monoisotopic (exact) mass is 1370 g/mol. The Morgan fingerprint density at radius 2 is 1.07 bits per heavy atom. The van der Waals surface area contributed by atoms with Gasteiger partial charge in [-0.05, 0) is 138 Å². The second-order valence-electron chi connectivity index (χ2n) is 20.0. The van der Waals surface area contributed by atoms with Gasteiger partial charge < -0.3 is 42.5 Å². The van der Waals surface area contributed by atoms with Crippen molar-refractivity contribution < 1.29 is 54.7 Å². The number of para-hydroxylation sites is 2. The number of nitrogens with two attached hydrogens (primary N) is 2. The van der Waals surface area contributed by atoms with E-state index in [4.69, 9.17) is 26.4 Å². The molecule has 0 fully saturated rings. The number of Topliss-reactive ketones (excluding diaryl/α,β-unsaturated/α-hetero) is 2. The Hall–Kier alpha value is -10.2. The summed E-state index contributed by atoms with van der Waals surface area (Å²) in [6.07, 6.45) is 2.22. The fourth-order valence-electron chi connectivity index (χ4n) is 9.06. The molecule has 0 atom stereocenters. The summed E-state index contributed by atoms with van der Waals surface area (Å²) >= 11 is 2.48. The number of thiophene rings is 2. The van der Waals surface area contributed by atoms with Crippen LogP contribution in [0.5, 0.6) is 0 Å². The van der Waals surface area contributed by atoms with Crippen LogP contribution < -0.4 is 42.5 Å². The number of rotatable bonds is 29. The first-order chi connectivity index (χ1) is 44.8. The molecular formula is C62H61N15O12S5. The summed E-state index contributed by atoms with van der Waals surface area (Å²) in [5.74, 6) is -5.35. The van der Waals surface area contributed by atoms with Crippen molar-refractivity contribution in [3.05, 3.63) is 165 Å². The number of ketones is 2. The van der Waals surface area contributed by atoms with E-state index < -0.39 is 81.3 Å². The number of aromatic nitrogens is 3. The second kappa shape index (κ2) is 30.9. The second-order valence-corrected chi connectivity index (χ2v) is 25.8. The summed E-state index contributed by atoms with van der Waals surface area (Å²) in [5, 5.41) is 29.1. The number of hydrogen-bond acceptors (Lipinski definition) is 24. The third-order valence-corrected chi connectivity index (χ3v) is 18.5. The maximum Gasteiger partial charge on any atom is 0.296 e. The summed E-state index contributed by atoms with van der Waals surface area (Å²) in [4.78, 5) is 95.5. The summed E-state index contributed by atoms with van der Waals surface area (Å²) in [7, 11) is -9.91. The molecule has 10 N–H and O–H groups in total. The van der Waals surface area contributed by atoms with Gasteiger partial charge in [-0.15, -0.1) is 43.1 Å². The Morgan fingerprint density at radius 1 is 0.574 bits per heavy atom. The van der Waals surface area contributed by atoms with Gasteiger partial charge in [0, 0.05) is 59.6 Å². The van der Waals surface area contributed by atoms with Crippen LogP contribution in [0.4, 0.5) is 67.4 Å². The highest BCUT2D eigenvalue weighted by atomic mass is 32.2. The number of thioether (sulfide) groups is 1. The van der Waals surface area contributed by atoms with Crippen molar-refractivity contribution in [1.29, 1.82) is 0 Å². The van der Waals surface area contributed by atoms with Gasteiger partial charge in [-0.2, -0.15) is 31.8 Å². The minimum absolute atomic E-state index is 0.0354. The van der Waals surface area contributed by atoms with Crippen molar-refractivity contribution in [2.75, 3.05) is 57.2 Å². The highest BCUT2D eigenvalue weighted by molar-refractivity contribution is 7.98. The zero-order valence-electron chi connectivity index (χ0n) is 51.0. The molecule has 0 spiro atoms. The number of carbonyl (C=O) groups is 6. The molecule has 3 aromatic heterocycles. The van der Waals surface area contributed by atoms with E-state index in [1.807, 2.05) is 32.6 Å². The van der Waals surface area contributed by atoms with E-state index in [0.29, 0.717) is 65.0 Å². The topological polar surface area (TPSA) is 406 Å². The SMILES string of the molecule is CCN(CC)c1ccc(/N=N/c2sc(/C=C(\C(C)=O)C(=O)Nc3ccccc3)cc2C(N)=O)c(Nc2nc(Nc3cc(N(CC)CC)ccc3/N=N/c3sc(/C=C(/C(C)=O)C(=O)Nc4ccccc4)c(S(=O)(=O)O)c3C(N)=O)nc(SCc3cccc(S(=O)(=O)O)c3)n2)c1. The van der Waals surface area contributed by atoms with Gasteiger partial charge in [0.1, 0.15) is 16.3 Å². The molecule has 94 heavy (non-hydrogen) atoms. The third-order valence-electron chi connectivity index (χ3n) is 13.6. The van der Waals surface area contributed by atoms with Crippen LogP contribution in [-0.4, -0.2) is 102 Å². The molecule has 0 aliphatic carbocycles. The molecule has 0 aliphatic heterocycles. The van der Waals surface area contributed by atoms with Gasteiger partial charge >= 0.3 is 0 Å². The normalized spacial score (nSPS) is 12.0. The number of carbonyl (C=O) groups excluding carboxylic acids is 6. The molecular weight excluding hydrogens is 1310 g/mol. The van der Waals surface area contributed by atoms with Gasteiger partial charge in [-0.25, -0.2) is 0 Å². The fraction of sp³-hybridized carbons (Fsp3) is 0.177. The Bertz CT molecular complexity index is 4590. The van der Waals surface area contributed by atoms with Crippen LogP contribution in [0, 0.1) is 0 Å². The van der Waals surface area contributed by atoms with Crippen LogP contribution >= 0.6 is 34.4 Å². The Labute approximate surface area is 552 Å². The molecule has 0 saturated heterocycles. The molecule has 0 saturated carbocycles. The Balaban J connectivity index is 1.24. The molecule has 27 nitrogen and oxygen atoms in total. The number of nitrogens with one attached hydrogen (secondary N) is 4. The summed E-state index contributed by atoms with van der Waals surface area (Å²) < 4.78 is 71.0. The lowest BCUT2D eigenvalue weighted by atomic mass is 10.1. The smallest absolute Gasteiger partial charge is 0.296 e. The predicted octanol–water partition coefficient (Wildman–Crippen LogP) is 12.2. The van der Waals surface area contributed by atoms with E-state index in [1.165, 1.54) is 37.3 Å². The maximum absolute atomic E-state index is 13.5. The largest absolute Gasteiger partial charge is 0.372 e. The van der Waals surface area contributed by atoms with E-state index in [9.17, 15) is 54.7 Å². The Kier molecular flexibility index (Phi) is 22.9. The van der Waals surface area contributed by atoms with Gasteiger partial charge in [0.25, 0.3) is 43.9 Å². The van der Waals surface area contributed by atoms with Crippen LogP contribution in [-0.2, 0) is 45.2 Å². The van der Waals surface area contributed by atoms with Crippen molar-refractivity contribution in [1.82, 2.24) is 15.0 Å². The first-order valence-electron chi connectivity index (χ1n) is 28.4. The molecule has 0 bridgehead atoms. The standard InChI is InChI=1S/C62H61N15O12S5/c1-7-76(8-2)40-24-26-47(72-74-58-46(54(63)80)32-42(91-58)31-44(35(5)78)56(82)65-38-19-13-11-14-20-38)49(29-40)67-60-69-61(71-62(70-60)90-34-37-18-17-23-43(28-37)93(84,85)86)68-50-30-41(77(9-3)10-4)25-27-48(50)73-75-59-52(55(64)81)53(94(87,88)89)51(92-59)33-45(36(6)79)57(83)66-39-21-15-12-16-22-39/h11-33H,7-10,34H2,1-6H3,(H2,63,80)(H2,64,81)(H,65,82)(H,66,83)(H,84,85,86)(H,87,88,89)(H2,67,68,69,70,71)/b44-31+,45-33-,74-72+,75-73+. The van der Waals surface area contributed by atoms with E-state index in [1.54, 1.807) is 103 Å². The van der Waals surface area contributed by atoms with Crippen LogP contribution in [0.15, 0.2) is 174 Å². The number of nitrogens with zero attached hydrogens (tertiary/aromatic N) is 9. The third kappa shape index (κ3) is 17.9. The molecule has 8 aromatic rings. The number of benzene rings is 5. The summed E-state index contributed by atoms with van der Waals surface area (Å²) in [6, 6.07) is 33.8. The lowest BCUT2D eigenvalue weighted by molar-refractivity contribution is -0.120. The average molecular weight is 1370 g/mol. The van der Waals surface area contributed by atoms with Gasteiger partial charge in [0.2, 0.25) is 11.9 Å². The first-order valence-corrected chi connectivity index (χ1v) is 33.9. The van der Waals surface area contributed by atoms with Crippen LogP contribution in [0.25, 0.3) is 12.2 Å². The van der Waals surface area contributed by atoms with E-state index >= 15 is 0 Å². The Morgan fingerprint density at radius 3 is 1.53 bits per heavy atom. The number of primary amides is 2. The van der Waals surface area contributed by atoms with Crippen molar-refractivity contribution in [2.24, 2.45) is 31.9 Å². The number of amides is 4. The molecule has 0 unspecified atom stereocenters. The zero-order valence-corrected chi connectivity index (χ0v) is 55.1. The van der Waals surface area contributed by atoms with Crippen molar-refractivity contribution in [3.63, 3.8) is 0 Å². The summed E-state index contributed by atoms with van der Waals surface area (Å²) in [6.45, 7) is 12.4. The predicted molar refractivity (Wildman–Crippen MR) is 364 cm³/mol. The maximum atomic E-state index is 13.5. The molecule has 3 heterocycles. The van der Waals surface area contributed by atoms with Crippen molar-refractivity contribution in [2.45, 2.75) is 62.2 Å². The van der Waals surface area contributed by atoms with Gasteiger partial charge in [-0.1, -0.05) is 60.3 Å². The molecule has 32 heteroatoms. The highest BCUT2D eigenvalue weighted by Crippen LogP contribution is 2.43. The minimum Gasteiger partial charge on any atom is -0.372 e.